The van der Waals surface area contributed by atoms with Crippen LogP contribution in [0, 0.1) is 5.92 Å². The van der Waals surface area contributed by atoms with Crippen LogP contribution in [0.3, 0.4) is 0 Å². The van der Waals surface area contributed by atoms with Crippen LogP contribution in [0.1, 0.15) is 32.1 Å². The van der Waals surface area contributed by atoms with E-state index in [2.05, 4.69) is 10.6 Å². The quantitative estimate of drug-likeness (QED) is 0.715. The maximum absolute atomic E-state index is 12.2. The summed E-state index contributed by atoms with van der Waals surface area (Å²) in [5.41, 5.74) is 0.736. The van der Waals surface area contributed by atoms with Crippen molar-refractivity contribution in [3.05, 3.63) is 24.3 Å². The summed E-state index contributed by atoms with van der Waals surface area (Å²) in [6, 6.07) is 7.06. The van der Waals surface area contributed by atoms with E-state index in [0.29, 0.717) is 12.0 Å². The van der Waals surface area contributed by atoms with Gasteiger partial charge in [-0.15, -0.1) is 0 Å². The number of hydrogen-bond acceptors (Lipinski definition) is 3. The van der Waals surface area contributed by atoms with E-state index in [0.717, 1.165) is 12.1 Å². The summed E-state index contributed by atoms with van der Waals surface area (Å²) in [6.07, 6.45) is 5.98. The highest BCUT2D eigenvalue weighted by Gasteiger charge is 2.38. The van der Waals surface area contributed by atoms with Crippen LogP contribution in [-0.2, 0) is 4.79 Å². The molecule has 1 saturated heterocycles. The first kappa shape index (κ1) is 12.5. The Kier molecular flexibility index (Phi) is 3.42. The Balaban J connectivity index is 1.60. The molecule has 0 spiro atoms. The summed E-state index contributed by atoms with van der Waals surface area (Å²) in [4.78, 5) is 12.2. The second kappa shape index (κ2) is 5.21. The smallest absolute Gasteiger partial charge is 0.241 e. The van der Waals surface area contributed by atoms with Crippen LogP contribution in [0.15, 0.2) is 24.3 Å². The number of carbonyl (C=O) groups excluding carboxylic acids is 1. The van der Waals surface area contributed by atoms with Crippen LogP contribution in [0.5, 0.6) is 5.75 Å². The lowest BCUT2D eigenvalue weighted by Crippen LogP contribution is -2.39. The van der Waals surface area contributed by atoms with Gasteiger partial charge in [0.15, 0.2) is 0 Å². The average molecular weight is 260 g/mol. The van der Waals surface area contributed by atoms with Gasteiger partial charge in [-0.2, -0.15) is 0 Å². The van der Waals surface area contributed by atoms with Crippen molar-refractivity contribution in [2.45, 2.75) is 44.2 Å². The van der Waals surface area contributed by atoms with E-state index in [-0.39, 0.29) is 17.7 Å². The van der Waals surface area contributed by atoms with E-state index in [1.807, 2.05) is 0 Å². The zero-order chi connectivity index (χ0) is 13.2. The van der Waals surface area contributed by atoms with E-state index in [1.165, 1.54) is 25.7 Å². The van der Waals surface area contributed by atoms with Crippen LogP contribution >= 0.6 is 0 Å². The van der Waals surface area contributed by atoms with Crippen LogP contribution < -0.4 is 10.6 Å². The molecule has 1 aliphatic heterocycles. The highest BCUT2D eigenvalue weighted by atomic mass is 16.3. The molecule has 3 rings (SSSR count). The average Bonchev–Trinajstić information content (AvgIpc) is 2.85. The Labute approximate surface area is 113 Å². The predicted molar refractivity (Wildman–Crippen MR) is 74.0 cm³/mol. The molecule has 0 radical (unpaired) electrons. The first-order valence-electron chi connectivity index (χ1n) is 7.08. The molecule has 1 amide bonds. The minimum atomic E-state index is -0.0677. The topological polar surface area (TPSA) is 61.4 Å². The third kappa shape index (κ3) is 2.73. The van der Waals surface area contributed by atoms with Gasteiger partial charge in [-0.05, 0) is 49.4 Å². The van der Waals surface area contributed by atoms with E-state index < -0.39 is 0 Å². The van der Waals surface area contributed by atoms with Crippen LogP contribution in [0.2, 0.25) is 0 Å². The van der Waals surface area contributed by atoms with Crippen molar-refractivity contribution in [2.24, 2.45) is 5.92 Å². The number of amides is 1. The van der Waals surface area contributed by atoms with Gasteiger partial charge in [0.05, 0.1) is 6.04 Å². The van der Waals surface area contributed by atoms with Gasteiger partial charge < -0.3 is 15.7 Å². The fourth-order valence-corrected chi connectivity index (χ4v) is 3.30. The van der Waals surface area contributed by atoms with Crippen molar-refractivity contribution >= 4 is 11.6 Å². The minimum absolute atomic E-state index is 0.0417. The van der Waals surface area contributed by atoms with Gasteiger partial charge in [0.2, 0.25) is 5.91 Å². The predicted octanol–water partition coefficient (Wildman–Crippen LogP) is 2.25. The molecule has 3 atom stereocenters. The number of phenols is 1. The number of phenolic OH excluding ortho intramolecular Hbond substituents is 1. The fraction of sp³-hybridized carbons (Fsp3) is 0.533. The molecule has 19 heavy (non-hydrogen) atoms. The van der Waals surface area contributed by atoms with Crippen molar-refractivity contribution in [1.29, 1.82) is 0 Å². The van der Waals surface area contributed by atoms with Gasteiger partial charge in [-0.1, -0.05) is 12.8 Å². The molecule has 0 aromatic heterocycles. The second-order valence-corrected chi connectivity index (χ2v) is 5.64. The third-order valence-corrected chi connectivity index (χ3v) is 4.31. The number of benzene rings is 1. The summed E-state index contributed by atoms with van der Waals surface area (Å²) in [6.45, 7) is 0. The Morgan fingerprint density at radius 2 is 1.95 bits per heavy atom. The van der Waals surface area contributed by atoms with Gasteiger partial charge in [0, 0.05) is 11.7 Å². The molecule has 4 nitrogen and oxygen atoms in total. The Morgan fingerprint density at radius 3 is 2.68 bits per heavy atom. The van der Waals surface area contributed by atoms with E-state index in [9.17, 15) is 9.90 Å². The fourth-order valence-electron chi connectivity index (χ4n) is 3.30. The SMILES string of the molecule is O=C(Nc1ccc(O)cc1)C1CC2CCCCC2N1. The van der Waals surface area contributed by atoms with Crippen molar-refractivity contribution in [3.63, 3.8) is 0 Å². The molecule has 1 aliphatic carbocycles. The van der Waals surface area contributed by atoms with Gasteiger partial charge in [-0.3, -0.25) is 4.79 Å². The maximum atomic E-state index is 12.2. The van der Waals surface area contributed by atoms with Crippen LogP contribution in [-0.4, -0.2) is 23.1 Å². The molecular formula is C15H20N2O2. The van der Waals surface area contributed by atoms with Crippen molar-refractivity contribution in [2.75, 3.05) is 5.32 Å². The Morgan fingerprint density at radius 1 is 1.21 bits per heavy atom. The molecule has 3 unspecified atom stereocenters. The van der Waals surface area contributed by atoms with Crippen molar-refractivity contribution in [1.82, 2.24) is 5.32 Å². The molecule has 2 aliphatic rings. The normalized spacial score (nSPS) is 29.8. The number of carbonyl (C=O) groups is 1. The monoisotopic (exact) mass is 260 g/mol. The zero-order valence-corrected chi connectivity index (χ0v) is 10.9. The standard InChI is InChI=1S/C15H20N2O2/c18-12-7-5-11(6-8-12)16-15(19)14-9-10-3-1-2-4-13(10)17-14/h5-8,10,13-14,17-18H,1-4,9H2,(H,16,19). The lowest BCUT2D eigenvalue weighted by atomic mass is 9.85. The molecule has 0 bridgehead atoms. The number of aromatic hydroxyl groups is 1. The highest BCUT2D eigenvalue weighted by Crippen LogP contribution is 2.33. The summed E-state index contributed by atoms with van der Waals surface area (Å²) < 4.78 is 0. The van der Waals surface area contributed by atoms with E-state index in [1.54, 1.807) is 24.3 Å². The molecule has 102 valence electrons. The van der Waals surface area contributed by atoms with Crippen molar-refractivity contribution in [3.8, 4) is 5.75 Å². The van der Waals surface area contributed by atoms with E-state index >= 15 is 0 Å². The van der Waals surface area contributed by atoms with Gasteiger partial charge in [0.25, 0.3) is 0 Å². The molecule has 4 heteroatoms. The van der Waals surface area contributed by atoms with Crippen LogP contribution in [0.25, 0.3) is 0 Å². The summed E-state index contributed by atoms with van der Waals surface area (Å²) >= 11 is 0. The first-order valence-corrected chi connectivity index (χ1v) is 7.08. The molecule has 3 N–H and O–H groups in total. The number of nitrogens with one attached hydrogen (secondary N) is 2. The van der Waals surface area contributed by atoms with E-state index in [4.69, 9.17) is 0 Å². The molecular weight excluding hydrogens is 240 g/mol. The van der Waals surface area contributed by atoms with Gasteiger partial charge >= 0.3 is 0 Å². The third-order valence-electron chi connectivity index (χ3n) is 4.31. The molecule has 1 heterocycles. The summed E-state index contributed by atoms with van der Waals surface area (Å²) in [5.74, 6) is 0.924. The van der Waals surface area contributed by atoms with Crippen molar-refractivity contribution < 1.29 is 9.90 Å². The Hall–Kier alpha value is -1.55. The largest absolute Gasteiger partial charge is 0.508 e. The minimum Gasteiger partial charge on any atom is -0.508 e. The highest BCUT2D eigenvalue weighted by molar-refractivity contribution is 5.95. The second-order valence-electron chi connectivity index (χ2n) is 5.64. The molecule has 1 saturated carbocycles. The Bertz CT molecular complexity index is 444. The zero-order valence-electron chi connectivity index (χ0n) is 10.9. The number of anilines is 1. The molecule has 1 aromatic carbocycles. The van der Waals surface area contributed by atoms with Gasteiger partial charge in [-0.25, -0.2) is 0 Å². The lowest BCUT2D eigenvalue weighted by molar-refractivity contribution is -0.117. The number of fused-ring (bicyclic) bond motifs is 1. The number of hydrogen-bond donors (Lipinski definition) is 3. The maximum Gasteiger partial charge on any atom is 0.241 e. The molecule has 1 aromatic rings. The summed E-state index contributed by atoms with van der Waals surface area (Å²) in [5, 5.41) is 15.6. The van der Waals surface area contributed by atoms with Gasteiger partial charge in [0.1, 0.15) is 5.75 Å². The van der Waals surface area contributed by atoms with Crippen LogP contribution in [0.4, 0.5) is 5.69 Å². The molecule has 2 fully saturated rings. The first-order chi connectivity index (χ1) is 9.22. The number of rotatable bonds is 2. The summed E-state index contributed by atoms with van der Waals surface area (Å²) in [7, 11) is 0. The lowest BCUT2D eigenvalue weighted by Gasteiger charge is -2.24.